The number of alkyl halides is 3. The van der Waals surface area contributed by atoms with Crippen molar-refractivity contribution < 1.29 is 27.2 Å². The maximum atomic E-state index is 13.0. The van der Waals surface area contributed by atoms with Crippen LogP contribution in [-0.2, 0) is 10.9 Å². The highest BCUT2D eigenvalue weighted by molar-refractivity contribution is 5.67. The number of rotatable bonds is 5. The summed E-state index contributed by atoms with van der Waals surface area (Å²) in [7, 11) is 0. The Morgan fingerprint density at radius 1 is 1.19 bits per heavy atom. The number of benzene rings is 1. The molecule has 0 saturated carbocycles. The van der Waals surface area contributed by atoms with Crippen LogP contribution in [0.1, 0.15) is 44.7 Å². The van der Waals surface area contributed by atoms with Crippen molar-refractivity contribution in [1.29, 1.82) is 0 Å². The Kier molecular flexibility index (Phi) is 7.19. The van der Waals surface area contributed by atoms with Crippen LogP contribution in [0.5, 0.6) is 0 Å². The minimum Gasteiger partial charge on any atom is -0.449 e. The highest BCUT2D eigenvalue weighted by atomic mass is 19.4. The summed E-state index contributed by atoms with van der Waals surface area (Å²) in [5.41, 5.74) is -0.520. The zero-order valence-corrected chi connectivity index (χ0v) is 17.9. The van der Waals surface area contributed by atoms with Crippen LogP contribution in [-0.4, -0.2) is 58.8 Å². The first-order chi connectivity index (χ1) is 14.6. The van der Waals surface area contributed by atoms with Crippen LogP contribution in [0, 0.1) is 5.92 Å². The number of carbonyl (C=O) groups is 1. The van der Waals surface area contributed by atoms with Crippen LogP contribution in [0.2, 0.25) is 0 Å². The molecule has 3 rings (SSSR count). The quantitative estimate of drug-likeness (QED) is 0.676. The van der Waals surface area contributed by atoms with E-state index in [-0.39, 0.29) is 29.4 Å². The van der Waals surface area contributed by atoms with Crippen molar-refractivity contribution in [1.82, 2.24) is 19.9 Å². The maximum Gasteiger partial charge on any atom is 0.416 e. The van der Waals surface area contributed by atoms with Gasteiger partial charge < -0.3 is 14.2 Å². The van der Waals surface area contributed by atoms with E-state index in [4.69, 9.17) is 9.26 Å². The van der Waals surface area contributed by atoms with E-state index in [0.717, 1.165) is 25.1 Å². The normalized spacial score (nSPS) is 16.9. The predicted octanol–water partition coefficient (Wildman–Crippen LogP) is 4.62. The molecule has 1 aliphatic heterocycles. The molecule has 1 aromatic carbocycles. The lowest BCUT2D eigenvalue weighted by Crippen LogP contribution is -2.36. The fourth-order valence-corrected chi connectivity index (χ4v) is 3.35. The average molecular weight is 440 g/mol. The van der Waals surface area contributed by atoms with Gasteiger partial charge in [0.1, 0.15) is 0 Å². The van der Waals surface area contributed by atoms with Gasteiger partial charge in [0.25, 0.3) is 0 Å². The molecule has 170 valence electrons. The van der Waals surface area contributed by atoms with Crippen molar-refractivity contribution in [2.24, 2.45) is 5.92 Å². The molecule has 31 heavy (non-hydrogen) atoms. The molecule has 0 bridgehead atoms. The van der Waals surface area contributed by atoms with E-state index in [1.807, 2.05) is 20.8 Å². The summed E-state index contributed by atoms with van der Waals surface area (Å²) in [6.07, 6.45) is -3.99. The van der Waals surface area contributed by atoms with Gasteiger partial charge in [0.05, 0.1) is 18.2 Å². The molecule has 2 aromatic rings. The van der Waals surface area contributed by atoms with E-state index < -0.39 is 11.7 Å². The van der Waals surface area contributed by atoms with Crippen molar-refractivity contribution in [2.75, 3.05) is 32.8 Å². The number of hydrogen-bond acceptors (Lipinski definition) is 6. The second kappa shape index (κ2) is 9.67. The number of halogens is 3. The van der Waals surface area contributed by atoms with Gasteiger partial charge in [-0.2, -0.15) is 18.2 Å². The van der Waals surface area contributed by atoms with Gasteiger partial charge in [0.15, 0.2) is 0 Å². The summed E-state index contributed by atoms with van der Waals surface area (Å²) in [6.45, 7) is 8.67. The van der Waals surface area contributed by atoms with Crippen molar-refractivity contribution in [2.45, 2.75) is 39.4 Å². The lowest BCUT2D eigenvalue weighted by atomic mass is 10.1. The van der Waals surface area contributed by atoms with Crippen LogP contribution < -0.4 is 0 Å². The van der Waals surface area contributed by atoms with Gasteiger partial charge in [-0.25, -0.2) is 4.79 Å². The maximum absolute atomic E-state index is 13.0. The van der Waals surface area contributed by atoms with Gasteiger partial charge in [-0.05, 0) is 31.4 Å². The minimum absolute atomic E-state index is 0.113. The average Bonchev–Trinajstić information content (AvgIpc) is 3.09. The van der Waals surface area contributed by atoms with E-state index in [1.165, 1.54) is 12.1 Å². The van der Waals surface area contributed by atoms with Crippen LogP contribution in [0.15, 0.2) is 28.8 Å². The second-order valence-electron chi connectivity index (χ2n) is 8.06. The molecular formula is C21H27F3N4O3. The molecule has 1 atom stereocenters. The fourth-order valence-electron chi connectivity index (χ4n) is 3.35. The van der Waals surface area contributed by atoms with E-state index in [1.54, 1.807) is 4.90 Å². The molecule has 10 heteroatoms. The molecule has 0 aliphatic carbocycles. The Balaban J connectivity index is 1.64. The van der Waals surface area contributed by atoms with E-state index in [9.17, 15) is 18.0 Å². The second-order valence-corrected chi connectivity index (χ2v) is 8.06. The van der Waals surface area contributed by atoms with E-state index in [0.29, 0.717) is 32.1 Å². The van der Waals surface area contributed by atoms with Crippen LogP contribution >= 0.6 is 0 Å². The van der Waals surface area contributed by atoms with Crippen LogP contribution in [0.3, 0.4) is 0 Å². The Bertz CT molecular complexity index is 885. The Labute approximate surface area is 179 Å². The Morgan fingerprint density at radius 2 is 1.97 bits per heavy atom. The van der Waals surface area contributed by atoms with E-state index >= 15 is 0 Å². The number of carbonyl (C=O) groups excluding carboxylic acids is 1. The number of ether oxygens (including phenoxy) is 1. The molecule has 2 heterocycles. The van der Waals surface area contributed by atoms with Gasteiger partial charge in [0.2, 0.25) is 11.7 Å². The van der Waals surface area contributed by atoms with Gasteiger partial charge in [-0.15, -0.1) is 0 Å². The molecule has 0 spiro atoms. The van der Waals surface area contributed by atoms with Crippen LogP contribution in [0.25, 0.3) is 11.4 Å². The van der Waals surface area contributed by atoms with Gasteiger partial charge in [0, 0.05) is 31.7 Å². The lowest BCUT2D eigenvalue weighted by Gasteiger charge is -2.25. The zero-order chi connectivity index (χ0) is 22.6. The van der Waals surface area contributed by atoms with Crippen molar-refractivity contribution >= 4 is 6.09 Å². The number of aromatic nitrogens is 2. The molecule has 0 N–H and O–H groups in total. The van der Waals surface area contributed by atoms with Crippen molar-refractivity contribution in [3.63, 3.8) is 0 Å². The SMILES string of the molecule is CC(C)COC(=O)N1CCCN(C(C)c2nc(-c3cccc(C(F)(F)F)c3)no2)CC1. The van der Waals surface area contributed by atoms with Crippen molar-refractivity contribution in [3.05, 3.63) is 35.7 Å². The van der Waals surface area contributed by atoms with Gasteiger partial charge >= 0.3 is 12.3 Å². The monoisotopic (exact) mass is 440 g/mol. The number of nitrogens with zero attached hydrogens (tertiary/aromatic N) is 4. The predicted molar refractivity (Wildman–Crippen MR) is 107 cm³/mol. The first kappa shape index (κ1) is 23.1. The fraction of sp³-hybridized carbons (Fsp3) is 0.571. The van der Waals surface area contributed by atoms with Crippen molar-refractivity contribution in [3.8, 4) is 11.4 Å². The number of hydrogen-bond donors (Lipinski definition) is 0. The molecule has 1 aromatic heterocycles. The third kappa shape index (κ3) is 5.96. The highest BCUT2D eigenvalue weighted by Gasteiger charge is 2.31. The largest absolute Gasteiger partial charge is 0.449 e. The summed E-state index contributed by atoms with van der Waals surface area (Å²) in [6, 6.07) is 4.60. The molecule has 7 nitrogen and oxygen atoms in total. The highest BCUT2D eigenvalue weighted by Crippen LogP contribution is 2.32. The summed E-state index contributed by atoms with van der Waals surface area (Å²) in [5.74, 6) is 0.709. The molecule has 1 amide bonds. The van der Waals surface area contributed by atoms with E-state index in [2.05, 4.69) is 15.0 Å². The molecule has 1 unspecified atom stereocenters. The summed E-state index contributed by atoms with van der Waals surface area (Å²) in [5, 5.41) is 3.87. The minimum atomic E-state index is -4.44. The molecule has 1 fully saturated rings. The zero-order valence-electron chi connectivity index (χ0n) is 17.9. The van der Waals surface area contributed by atoms with Gasteiger partial charge in [-0.3, -0.25) is 4.90 Å². The first-order valence-corrected chi connectivity index (χ1v) is 10.3. The third-order valence-corrected chi connectivity index (χ3v) is 5.12. The summed E-state index contributed by atoms with van der Waals surface area (Å²) >= 11 is 0. The Morgan fingerprint density at radius 3 is 2.68 bits per heavy atom. The smallest absolute Gasteiger partial charge is 0.416 e. The number of amides is 1. The van der Waals surface area contributed by atoms with Crippen LogP contribution in [0.4, 0.5) is 18.0 Å². The topological polar surface area (TPSA) is 71.7 Å². The first-order valence-electron chi connectivity index (χ1n) is 10.3. The molecular weight excluding hydrogens is 413 g/mol. The standard InChI is InChI=1S/C21H27F3N4O3/c1-14(2)13-30-20(29)28-9-5-8-27(10-11-28)15(3)19-25-18(26-31-19)16-6-4-7-17(12-16)21(22,23)24/h4,6-7,12,14-15H,5,8-11,13H2,1-3H3. The molecule has 1 saturated heterocycles. The Hall–Kier alpha value is -2.62. The third-order valence-electron chi connectivity index (χ3n) is 5.12. The molecule has 1 aliphatic rings. The summed E-state index contributed by atoms with van der Waals surface area (Å²) < 4.78 is 49.6. The van der Waals surface area contributed by atoms with Gasteiger partial charge in [-0.1, -0.05) is 31.1 Å². The molecule has 0 radical (unpaired) electrons. The lowest BCUT2D eigenvalue weighted by molar-refractivity contribution is -0.137. The summed E-state index contributed by atoms with van der Waals surface area (Å²) in [4.78, 5) is 20.3.